The minimum absolute atomic E-state index is 0.0124. The lowest BCUT2D eigenvalue weighted by molar-refractivity contribution is -0.660. The summed E-state index contributed by atoms with van der Waals surface area (Å²) in [5, 5.41) is 1.00. The highest BCUT2D eigenvalue weighted by Crippen LogP contribution is 2.39. The first-order valence-corrected chi connectivity index (χ1v) is 8.15. The van der Waals surface area contributed by atoms with Crippen molar-refractivity contribution in [3.63, 3.8) is 0 Å². The van der Waals surface area contributed by atoms with Crippen LogP contribution in [0.1, 0.15) is 16.7 Å². The van der Waals surface area contributed by atoms with Gasteiger partial charge in [0.15, 0.2) is 6.20 Å². The molecule has 25 heavy (non-hydrogen) atoms. The van der Waals surface area contributed by atoms with E-state index in [1.807, 2.05) is 49.9 Å². The largest absolute Gasteiger partial charge is 0.455 e. The highest BCUT2D eigenvalue weighted by Gasteiger charge is 2.23. The van der Waals surface area contributed by atoms with Crippen LogP contribution in [-0.2, 0) is 7.05 Å². The van der Waals surface area contributed by atoms with Gasteiger partial charge in [-0.15, -0.1) is 0 Å². The summed E-state index contributed by atoms with van der Waals surface area (Å²) in [5.74, 6) is -1.15. The molecule has 0 saturated carbocycles. The molecule has 0 N–H and O–H groups in total. The topological polar surface area (TPSA) is 17.0 Å². The number of pyridine rings is 1. The normalized spacial score (nSPS) is 11.6. The van der Waals surface area contributed by atoms with E-state index in [0.29, 0.717) is 16.4 Å². The number of aryl methyl sites for hydroxylation is 3. The Kier molecular flexibility index (Phi) is 3.39. The fourth-order valence-electron chi connectivity index (χ4n) is 3.36. The number of furan rings is 1. The zero-order valence-electron chi connectivity index (χ0n) is 14.6. The number of halogens is 2. The van der Waals surface area contributed by atoms with Gasteiger partial charge in [-0.1, -0.05) is 12.1 Å². The van der Waals surface area contributed by atoms with E-state index in [0.717, 1.165) is 22.4 Å². The third kappa shape index (κ3) is 2.24. The molecule has 2 aromatic heterocycles. The maximum Gasteiger partial charge on any atom is 0.216 e. The molecule has 0 radical (unpaired) electrons. The van der Waals surface area contributed by atoms with Crippen molar-refractivity contribution < 1.29 is 17.8 Å². The average Bonchev–Trinajstić information content (AvgIpc) is 2.93. The number of fused-ring (bicyclic) bond motifs is 3. The van der Waals surface area contributed by atoms with Crippen LogP contribution in [-0.4, -0.2) is 0 Å². The first kappa shape index (κ1) is 15.8. The maximum atomic E-state index is 14.7. The van der Waals surface area contributed by atoms with Crippen molar-refractivity contribution in [1.82, 2.24) is 0 Å². The predicted octanol–water partition coefficient (Wildman–Crippen LogP) is 5.28. The second-order valence-corrected chi connectivity index (χ2v) is 6.61. The van der Waals surface area contributed by atoms with Gasteiger partial charge in [-0.05, 0) is 31.9 Å². The summed E-state index contributed by atoms with van der Waals surface area (Å²) in [5.41, 5.74) is 4.84. The smallest absolute Gasteiger partial charge is 0.216 e. The first-order valence-electron chi connectivity index (χ1n) is 8.15. The first-order chi connectivity index (χ1) is 11.9. The molecule has 0 bridgehead atoms. The van der Waals surface area contributed by atoms with Gasteiger partial charge in [0.25, 0.3) is 0 Å². The fraction of sp³-hybridized carbons (Fsp3) is 0.190. The highest BCUT2D eigenvalue weighted by molar-refractivity contribution is 6.10. The minimum Gasteiger partial charge on any atom is -0.455 e. The number of hydrogen-bond donors (Lipinski definition) is 0. The highest BCUT2D eigenvalue weighted by atomic mass is 19.1. The Bertz CT molecular complexity index is 1160. The van der Waals surface area contributed by atoms with Gasteiger partial charge in [-0.3, -0.25) is 0 Å². The molecular formula is C21H18F2NO+. The van der Waals surface area contributed by atoms with Crippen molar-refractivity contribution in [2.75, 3.05) is 0 Å². The molecule has 0 aliphatic rings. The Morgan fingerprint density at radius 2 is 1.76 bits per heavy atom. The number of hydrogen-bond acceptors (Lipinski definition) is 1. The average molecular weight is 338 g/mol. The van der Waals surface area contributed by atoms with Gasteiger partial charge in [0.1, 0.15) is 29.8 Å². The number of benzene rings is 2. The Morgan fingerprint density at radius 3 is 2.52 bits per heavy atom. The van der Waals surface area contributed by atoms with Crippen molar-refractivity contribution in [2.24, 2.45) is 7.05 Å². The number of rotatable bonds is 1. The van der Waals surface area contributed by atoms with Crippen LogP contribution in [0.4, 0.5) is 8.78 Å². The molecule has 4 rings (SSSR count). The van der Waals surface area contributed by atoms with Crippen molar-refractivity contribution >= 4 is 21.9 Å². The molecule has 2 aromatic carbocycles. The second kappa shape index (κ2) is 5.38. The van der Waals surface area contributed by atoms with Crippen molar-refractivity contribution in [1.29, 1.82) is 0 Å². The lowest BCUT2D eigenvalue weighted by atomic mass is 9.99. The fourth-order valence-corrected chi connectivity index (χ4v) is 3.36. The van der Waals surface area contributed by atoms with Gasteiger partial charge in [-0.2, -0.15) is 0 Å². The van der Waals surface area contributed by atoms with E-state index >= 15 is 0 Å². The molecule has 0 aliphatic heterocycles. The zero-order valence-corrected chi connectivity index (χ0v) is 14.6. The molecule has 0 unspecified atom stereocenters. The lowest BCUT2D eigenvalue weighted by Crippen LogP contribution is -2.30. The molecule has 0 aliphatic carbocycles. The molecule has 2 nitrogen and oxygen atoms in total. The number of nitrogens with zero attached hydrogens (tertiary/aromatic N) is 1. The summed E-state index contributed by atoms with van der Waals surface area (Å²) < 4.78 is 36.6. The Labute approximate surface area is 144 Å². The van der Waals surface area contributed by atoms with E-state index in [4.69, 9.17) is 4.42 Å². The van der Waals surface area contributed by atoms with Crippen LogP contribution >= 0.6 is 0 Å². The SMILES string of the molecule is Cc1cc[n+](C)c(-c2c(C)ccc3c2oc2cc(F)c(C)c(F)c23)c1. The van der Waals surface area contributed by atoms with E-state index in [2.05, 4.69) is 6.07 Å². The van der Waals surface area contributed by atoms with Crippen LogP contribution in [0.15, 0.2) is 40.9 Å². The molecule has 0 fully saturated rings. The molecule has 4 aromatic rings. The molecule has 0 spiro atoms. The summed E-state index contributed by atoms with van der Waals surface area (Å²) in [4.78, 5) is 0. The number of aromatic nitrogens is 1. The van der Waals surface area contributed by atoms with Crippen LogP contribution in [0, 0.1) is 32.4 Å². The Balaban J connectivity index is 2.19. The lowest BCUT2D eigenvalue weighted by Gasteiger charge is -2.06. The van der Waals surface area contributed by atoms with E-state index < -0.39 is 11.6 Å². The predicted molar refractivity (Wildman–Crippen MR) is 94.5 cm³/mol. The quantitative estimate of drug-likeness (QED) is 0.432. The standard InChI is InChI=1S/C21H18F2NO/c1-11-7-8-24(4)16(9-11)18-12(2)5-6-14-19-17(25-21(14)18)10-15(22)13(3)20(19)23/h5-10H,1-4H3/q+1. The van der Waals surface area contributed by atoms with Crippen molar-refractivity contribution in [3.8, 4) is 11.3 Å². The van der Waals surface area contributed by atoms with E-state index in [1.54, 1.807) is 0 Å². The third-order valence-electron chi connectivity index (χ3n) is 4.82. The van der Waals surface area contributed by atoms with E-state index in [9.17, 15) is 8.78 Å². The molecule has 4 heteroatoms. The van der Waals surface area contributed by atoms with Gasteiger partial charge >= 0.3 is 0 Å². The van der Waals surface area contributed by atoms with E-state index in [1.165, 1.54) is 13.0 Å². The zero-order chi connectivity index (χ0) is 17.9. The minimum atomic E-state index is -0.594. The van der Waals surface area contributed by atoms with Gasteiger partial charge in [0.05, 0.1) is 10.9 Å². The monoisotopic (exact) mass is 338 g/mol. The van der Waals surface area contributed by atoms with Crippen molar-refractivity contribution in [3.05, 3.63) is 64.9 Å². The Morgan fingerprint density at radius 1 is 1.00 bits per heavy atom. The van der Waals surface area contributed by atoms with Crippen LogP contribution in [0.5, 0.6) is 0 Å². The summed E-state index contributed by atoms with van der Waals surface area (Å²) in [7, 11) is 1.96. The van der Waals surface area contributed by atoms with Gasteiger partial charge in [0.2, 0.25) is 5.69 Å². The van der Waals surface area contributed by atoms with Crippen LogP contribution in [0.25, 0.3) is 33.2 Å². The summed E-state index contributed by atoms with van der Waals surface area (Å²) >= 11 is 0. The second-order valence-electron chi connectivity index (χ2n) is 6.61. The van der Waals surface area contributed by atoms with E-state index in [-0.39, 0.29) is 11.1 Å². The van der Waals surface area contributed by atoms with Crippen LogP contribution < -0.4 is 4.57 Å². The summed E-state index contributed by atoms with van der Waals surface area (Å²) in [6.45, 7) is 5.46. The molecular weight excluding hydrogens is 320 g/mol. The maximum absolute atomic E-state index is 14.7. The van der Waals surface area contributed by atoms with Gasteiger partial charge in [0, 0.05) is 29.1 Å². The van der Waals surface area contributed by atoms with Crippen LogP contribution in [0.2, 0.25) is 0 Å². The third-order valence-corrected chi connectivity index (χ3v) is 4.82. The molecule has 2 heterocycles. The molecule has 0 atom stereocenters. The molecule has 0 amide bonds. The van der Waals surface area contributed by atoms with Gasteiger partial charge < -0.3 is 4.42 Å². The Hall–Kier alpha value is -2.75. The molecule has 0 saturated heterocycles. The van der Waals surface area contributed by atoms with Gasteiger partial charge in [-0.25, -0.2) is 13.3 Å². The molecule has 126 valence electrons. The van der Waals surface area contributed by atoms with Crippen LogP contribution in [0.3, 0.4) is 0 Å². The summed E-state index contributed by atoms with van der Waals surface area (Å²) in [6, 6.07) is 9.15. The van der Waals surface area contributed by atoms with Crippen molar-refractivity contribution in [2.45, 2.75) is 20.8 Å². The summed E-state index contributed by atoms with van der Waals surface area (Å²) in [6.07, 6.45) is 1.98.